The number of nitrogens with zero attached hydrogens (tertiary/aromatic N) is 2. The van der Waals surface area contributed by atoms with Crippen LogP contribution in [-0.4, -0.2) is 22.6 Å². The van der Waals surface area contributed by atoms with E-state index in [9.17, 15) is 0 Å². The quantitative estimate of drug-likeness (QED) is 0.799. The van der Waals surface area contributed by atoms with Crippen LogP contribution in [0, 0.1) is 6.92 Å². The lowest BCUT2D eigenvalue weighted by Gasteiger charge is -2.14. The van der Waals surface area contributed by atoms with Crippen molar-refractivity contribution in [3.63, 3.8) is 0 Å². The molecule has 0 bridgehead atoms. The van der Waals surface area contributed by atoms with Gasteiger partial charge in [-0.2, -0.15) is 4.98 Å². The lowest BCUT2D eigenvalue weighted by Crippen LogP contribution is -2.16. The van der Waals surface area contributed by atoms with Gasteiger partial charge in [0.1, 0.15) is 5.82 Å². The molecule has 1 aromatic carbocycles. The first-order valence-electron chi connectivity index (χ1n) is 7.67. The minimum Gasteiger partial charge on any atom is -0.367 e. The molecule has 118 valence electrons. The van der Waals surface area contributed by atoms with Crippen LogP contribution in [0.2, 0.25) is 5.02 Å². The summed E-state index contributed by atoms with van der Waals surface area (Å²) in [5.74, 6) is 1.54. The van der Waals surface area contributed by atoms with Crippen molar-refractivity contribution in [2.75, 3.05) is 17.2 Å². The summed E-state index contributed by atoms with van der Waals surface area (Å²) in [6, 6.07) is 10.3. The zero-order chi connectivity index (χ0) is 15.9. The molecule has 0 amide bonds. The van der Waals surface area contributed by atoms with Crippen molar-refractivity contribution in [3.8, 4) is 0 Å². The minimum absolute atomic E-state index is 0.399. The van der Waals surface area contributed by atoms with Crippen LogP contribution in [0.5, 0.6) is 0 Å². The van der Waals surface area contributed by atoms with Gasteiger partial charge in [0.15, 0.2) is 0 Å². The van der Waals surface area contributed by atoms with Crippen molar-refractivity contribution in [2.24, 2.45) is 0 Å². The Morgan fingerprint density at radius 1 is 1.18 bits per heavy atom. The summed E-state index contributed by atoms with van der Waals surface area (Å²) in [5, 5.41) is 7.43. The standard InChI is InChI=1S/C17H23ClN4/c1-4-12(2)20-16-11-13(3)21-17(22-16)19-10-9-14-5-7-15(18)8-6-14/h5-8,11-12H,4,9-10H2,1-3H3,(H2,19,20,21,22). The van der Waals surface area contributed by atoms with Crippen LogP contribution >= 0.6 is 11.6 Å². The van der Waals surface area contributed by atoms with E-state index in [0.29, 0.717) is 12.0 Å². The highest BCUT2D eigenvalue weighted by atomic mass is 35.5. The summed E-state index contributed by atoms with van der Waals surface area (Å²) in [4.78, 5) is 8.94. The highest BCUT2D eigenvalue weighted by Crippen LogP contribution is 2.13. The SMILES string of the molecule is CCC(C)Nc1cc(C)nc(NCCc2ccc(Cl)cc2)n1. The van der Waals surface area contributed by atoms with Crippen LogP contribution in [0.15, 0.2) is 30.3 Å². The molecule has 0 aliphatic heterocycles. The van der Waals surface area contributed by atoms with Gasteiger partial charge < -0.3 is 10.6 Å². The van der Waals surface area contributed by atoms with E-state index in [1.807, 2.05) is 37.3 Å². The zero-order valence-corrected chi connectivity index (χ0v) is 14.1. The minimum atomic E-state index is 0.399. The van der Waals surface area contributed by atoms with Gasteiger partial charge in [-0.1, -0.05) is 30.7 Å². The molecular formula is C17H23ClN4. The molecule has 5 heteroatoms. The van der Waals surface area contributed by atoms with E-state index in [0.717, 1.165) is 35.9 Å². The molecule has 0 saturated carbocycles. The average Bonchev–Trinajstić information content (AvgIpc) is 2.48. The molecule has 0 fully saturated rings. The van der Waals surface area contributed by atoms with Crippen LogP contribution in [0.25, 0.3) is 0 Å². The Morgan fingerprint density at radius 3 is 2.59 bits per heavy atom. The number of nitrogens with one attached hydrogen (secondary N) is 2. The fraction of sp³-hybridized carbons (Fsp3) is 0.412. The average molecular weight is 319 g/mol. The predicted molar refractivity (Wildman–Crippen MR) is 93.8 cm³/mol. The third-order valence-electron chi connectivity index (χ3n) is 3.47. The maximum absolute atomic E-state index is 5.89. The third-order valence-corrected chi connectivity index (χ3v) is 3.72. The zero-order valence-electron chi connectivity index (χ0n) is 13.4. The lowest BCUT2D eigenvalue weighted by molar-refractivity contribution is 0.758. The van der Waals surface area contributed by atoms with E-state index >= 15 is 0 Å². The molecule has 0 radical (unpaired) electrons. The number of benzene rings is 1. The van der Waals surface area contributed by atoms with Gasteiger partial charge in [0.25, 0.3) is 0 Å². The molecule has 1 aromatic heterocycles. The summed E-state index contributed by atoms with van der Waals surface area (Å²) >= 11 is 5.89. The van der Waals surface area contributed by atoms with Gasteiger partial charge in [0, 0.05) is 29.4 Å². The van der Waals surface area contributed by atoms with Gasteiger partial charge >= 0.3 is 0 Å². The maximum atomic E-state index is 5.89. The van der Waals surface area contributed by atoms with Gasteiger partial charge in [0.05, 0.1) is 0 Å². The number of halogens is 1. The Hall–Kier alpha value is -1.81. The van der Waals surface area contributed by atoms with Crippen LogP contribution in [0.3, 0.4) is 0 Å². The molecule has 4 nitrogen and oxygen atoms in total. The fourth-order valence-corrected chi connectivity index (χ4v) is 2.17. The molecular weight excluding hydrogens is 296 g/mol. The molecule has 1 atom stereocenters. The molecule has 1 unspecified atom stereocenters. The molecule has 1 heterocycles. The van der Waals surface area contributed by atoms with Crippen molar-refractivity contribution in [2.45, 2.75) is 39.7 Å². The molecule has 0 aliphatic rings. The molecule has 0 saturated heterocycles. The first kappa shape index (κ1) is 16.6. The van der Waals surface area contributed by atoms with Gasteiger partial charge in [-0.3, -0.25) is 0 Å². The normalized spacial score (nSPS) is 12.0. The molecule has 0 aliphatic carbocycles. The molecule has 0 spiro atoms. The van der Waals surface area contributed by atoms with Crippen molar-refractivity contribution in [3.05, 3.63) is 46.6 Å². The van der Waals surface area contributed by atoms with Crippen LogP contribution in [-0.2, 0) is 6.42 Å². The van der Waals surface area contributed by atoms with Crippen molar-refractivity contribution < 1.29 is 0 Å². The molecule has 2 rings (SSSR count). The Balaban J connectivity index is 1.93. The second-order valence-electron chi connectivity index (χ2n) is 5.48. The maximum Gasteiger partial charge on any atom is 0.224 e. The summed E-state index contributed by atoms with van der Waals surface area (Å²) in [6.07, 6.45) is 1.96. The first-order chi connectivity index (χ1) is 10.6. The van der Waals surface area contributed by atoms with E-state index in [1.54, 1.807) is 0 Å². The summed E-state index contributed by atoms with van der Waals surface area (Å²) < 4.78 is 0. The third kappa shape index (κ3) is 5.19. The highest BCUT2D eigenvalue weighted by Gasteiger charge is 2.04. The number of hydrogen-bond donors (Lipinski definition) is 2. The van der Waals surface area contributed by atoms with Gasteiger partial charge in [-0.05, 0) is 44.4 Å². The first-order valence-corrected chi connectivity index (χ1v) is 8.05. The number of aryl methyl sites for hydroxylation is 1. The van der Waals surface area contributed by atoms with E-state index < -0.39 is 0 Å². The van der Waals surface area contributed by atoms with Gasteiger partial charge in [0.2, 0.25) is 5.95 Å². The van der Waals surface area contributed by atoms with Crippen LogP contribution in [0.4, 0.5) is 11.8 Å². The summed E-state index contributed by atoms with van der Waals surface area (Å²) in [6.45, 7) is 7.06. The Kier molecular flexibility index (Phi) is 6.01. The van der Waals surface area contributed by atoms with Gasteiger partial charge in [-0.15, -0.1) is 0 Å². The Labute approximate surface area is 137 Å². The van der Waals surface area contributed by atoms with E-state index in [4.69, 9.17) is 11.6 Å². The lowest BCUT2D eigenvalue weighted by atomic mass is 10.1. The number of aromatic nitrogens is 2. The number of anilines is 2. The highest BCUT2D eigenvalue weighted by molar-refractivity contribution is 6.30. The molecule has 2 aromatic rings. The molecule has 2 N–H and O–H groups in total. The summed E-state index contributed by atoms with van der Waals surface area (Å²) in [5.41, 5.74) is 2.19. The number of hydrogen-bond acceptors (Lipinski definition) is 4. The van der Waals surface area contributed by atoms with Crippen molar-refractivity contribution >= 4 is 23.4 Å². The second-order valence-corrected chi connectivity index (χ2v) is 5.91. The van der Waals surface area contributed by atoms with Crippen molar-refractivity contribution in [1.82, 2.24) is 9.97 Å². The largest absolute Gasteiger partial charge is 0.367 e. The topological polar surface area (TPSA) is 49.8 Å². The van der Waals surface area contributed by atoms with Gasteiger partial charge in [-0.25, -0.2) is 4.98 Å². The second kappa shape index (κ2) is 7.99. The van der Waals surface area contributed by atoms with Crippen molar-refractivity contribution in [1.29, 1.82) is 0 Å². The Morgan fingerprint density at radius 2 is 1.91 bits per heavy atom. The monoisotopic (exact) mass is 318 g/mol. The van der Waals surface area contributed by atoms with E-state index in [-0.39, 0.29) is 0 Å². The van der Waals surface area contributed by atoms with Crippen LogP contribution in [0.1, 0.15) is 31.5 Å². The number of rotatable bonds is 7. The van der Waals surface area contributed by atoms with E-state index in [2.05, 4.69) is 34.4 Å². The Bertz CT molecular complexity index is 598. The van der Waals surface area contributed by atoms with Crippen LogP contribution < -0.4 is 10.6 Å². The molecule has 22 heavy (non-hydrogen) atoms. The predicted octanol–water partition coefficient (Wildman–Crippen LogP) is 4.30. The summed E-state index contributed by atoms with van der Waals surface area (Å²) in [7, 11) is 0. The fourth-order valence-electron chi connectivity index (χ4n) is 2.05. The van der Waals surface area contributed by atoms with E-state index in [1.165, 1.54) is 5.56 Å². The smallest absolute Gasteiger partial charge is 0.224 e.